The molecule has 2 aliphatic rings. The van der Waals surface area contributed by atoms with E-state index >= 15 is 0 Å². The van der Waals surface area contributed by atoms with Gasteiger partial charge in [-0.25, -0.2) is 4.99 Å². The quantitative estimate of drug-likeness (QED) is 0.511. The Kier molecular flexibility index (Phi) is 4.46. The molecule has 0 amide bonds. The largest absolute Gasteiger partial charge is 0.347 e. The normalized spacial score (nSPS) is 19.7. The van der Waals surface area contributed by atoms with Crippen molar-refractivity contribution in [3.8, 4) is 0 Å². The summed E-state index contributed by atoms with van der Waals surface area (Å²) < 4.78 is 0.847. The fraction of sp³-hybridized carbons (Fsp3) is 0.294. The highest BCUT2D eigenvalue weighted by atomic mass is 79.9. The van der Waals surface area contributed by atoms with Crippen LogP contribution in [0.25, 0.3) is 0 Å². The van der Waals surface area contributed by atoms with Crippen molar-refractivity contribution < 1.29 is 0 Å². The molecule has 1 unspecified atom stereocenters. The second kappa shape index (κ2) is 6.89. The minimum atomic E-state index is -0.269. The summed E-state index contributed by atoms with van der Waals surface area (Å²) in [6, 6.07) is 10.1. The average molecular weight is 402 g/mol. The molecule has 7 nitrogen and oxygen atoms in total. The van der Waals surface area contributed by atoms with E-state index in [0.717, 1.165) is 27.4 Å². The Hall–Kier alpha value is -2.32. The summed E-state index contributed by atoms with van der Waals surface area (Å²) in [6.45, 7) is 0.538. The highest BCUT2D eigenvalue weighted by Gasteiger charge is 2.26. The Morgan fingerprint density at radius 2 is 2.04 bits per heavy atom. The van der Waals surface area contributed by atoms with Gasteiger partial charge in [-0.2, -0.15) is 5.10 Å². The van der Waals surface area contributed by atoms with Crippen LogP contribution in [0, 0.1) is 0 Å². The van der Waals surface area contributed by atoms with Gasteiger partial charge in [0.15, 0.2) is 12.1 Å². The average Bonchev–Trinajstić information content (AvgIpc) is 3.38. The minimum Gasteiger partial charge on any atom is -0.347 e. The van der Waals surface area contributed by atoms with E-state index in [1.54, 1.807) is 6.21 Å². The van der Waals surface area contributed by atoms with Crippen molar-refractivity contribution in [1.82, 2.24) is 15.5 Å². The number of H-pyrrole nitrogens is 1. The molecule has 0 bridgehead atoms. The Balaban J connectivity index is 1.40. The third-order valence-corrected chi connectivity index (χ3v) is 4.82. The predicted octanol–water partition coefficient (Wildman–Crippen LogP) is 2.79. The van der Waals surface area contributed by atoms with Crippen LogP contribution in [0.2, 0.25) is 0 Å². The van der Waals surface area contributed by atoms with Gasteiger partial charge in [-0.15, -0.1) is 0 Å². The minimum absolute atomic E-state index is 0.269. The van der Waals surface area contributed by atoms with E-state index in [0.29, 0.717) is 12.5 Å². The Morgan fingerprint density at radius 1 is 1.24 bits per heavy atom. The number of aromatic nitrogens is 2. The van der Waals surface area contributed by atoms with Crippen LogP contribution in [0.1, 0.15) is 30.0 Å². The van der Waals surface area contributed by atoms with Gasteiger partial charge < -0.3 is 21.7 Å². The van der Waals surface area contributed by atoms with Gasteiger partial charge in [0.2, 0.25) is 0 Å². The molecule has 1 atom stereocenters. The van der Waals surface area contributed by atoms with Crippen LogP contribution in [-0.4, -0.2) is 22.7 Å². The lowest BCUT2D eigenvalue weighted by Crippen LogP contribution is -2.39. The number of halogens is 1. The van der Waals surface area contributed by atoms with E-state index in [9.17, 15) is 0 Å². The van der Waals surface area contributed by atoms with Gasteiger partial charge in [0, 0.05) is 36.1 Å². The van der Waals surface area contributed by atoms with Crippen molar-refractivity contribution in [3.63, 3.8) is 0 Å². The Morgan fingerprint density at radius 3 is 2.76 bits per heavy atom. The van der Waals surface area contributed by atoms with Crippen LogP contribution in [0.5, 0.6) is 0 Å². The molecule has 1 aromatic heterocycles. The third kappa shape index (κ3) is 3.85. The number of nitrogens with one attached hydrogen (secondary N) is 4. The highest BCUT2D eigenvalue weighted by molar-refractivity contribution is 9.12. The summed E-state index contributed by atoms with van der Waals surface area (Å²) in [5.74, 6) is 2.26. The molecule has 6 N–H and O–H groups in total. The van der Waals surface area contributed by atoms with Crippen molar-refractivity contribution in [1.29, 1.82) is 0 Å². The van der Waals surface area contributed by atoms with Crippen LogP contribution < -0.4 is 21.7 Å². The van der Waals surface area contributed by atoms with Gasteiger partial charge in [0.25, 0.3) is 0 Å². The summed E-state index contributed by atoms with van der Waals surface area (Å²) >= 11 is 3.52. The molecule has 8 heteroatoms. The molecular weight excluding hydrogens is 382 g/mol. The van der Waals surface area contributed by atoms with Gasteiger partial charge in [-0.3, -0.25) is 5.10 Å². The van der Waals surface area contributed by atoms with E-state index < -0.39 is 0 Å². The lowest BCUT2D eigenvalue weighted by atomic mass is 10.2. The summed E-state index contributed by atoms with van der Waals surface area (Å²) in [5.41, 5.74) is 8.89. The van der Waals surface area contributed by atoms with E-state index in [1.807, 2.05) is 24.3 Å². The number of nitrogens with two attached hydrogens (primary N) is 1. The van der Waals surface area contributed by atoms with Crippen molar-refractivity contribution >= 4 is 33.6 Å². The molecule has 2 aromatic rings. The number of rotatable bonds is 6. The lowest BCUT2D eigenvalue weighted by molar-refractivity contribution is 0.653. The molecular formula is C17H20BrN7. The number of nitrogens with zero attached hydrogens (tertiary/aromatic N) is 2. The third-order valence-electron chi connectivity index (χ3n) is 4.22. The first-order valence-corrected chi connectivity index (χ1v) is 9.08. The fourth-order valence-electron chi connectivity index (χ4n) is 2.64. The fourth-order valence-corrected chi connectivity index (χ4v) is 2.98. The molecule has 1 saturated carbocycles. The Labute approximate surface area is 154 Å². The van der Waals surface area contributed by atoms with Crippen molar-refractivity contribution in [2.24, 2.45) is 10.7 Å². The molecule has 1 aliphatic carbocycles. The van der Waals surface area contributed by atoms with Crippen LogP contribution >= 0.6 is 15.9 Å². The van der Waals surface area contributed by atoms with Gasteiger partial charge >= 0.3 is 0 Å². The molecule has 4 rings (SSSR count). The molecule has 2 heterocycles. The van der Waals surface area contributed by atoms with Crippen LogP contribution in [0.4, 0.5) is 11.5 Å². The molecule has 130 valence electrons. The summed E-state index contributed by atoms with van der Waals surface area (Å²) in [4.78, 5) is 4.44. The Bertz CT molecular complexity index is 805. The molecule has 1 fully saturated rings. The van der Waals surface area contributed by atoms with Crippen molar-refractivity contribution in [2.45, 2.75) is 31.6 Å². The second-order valence-corrected chi connectivity index (χ2v) is 7.06. The van der Waals surface area contributed by atoms with Gasteiger partial charge in [-0.05, 0) is 46.5 Å². The molecule has 1 aliphatic heterocycles. The second-order valence-electron chi connectivity index (χ2n) is 6.20. The highest BCUT2D eigenvalue weighted by Crippen LogP contribution is 2.39. The first kappa shape index (κ1) is 16.2. The van der Waals surface area contributed by atoms with Crippen LogP contribution in [-0.2, 0) is 6.54 Å². The summed E-state index contributed by atoms with van der Waals surface area (Å²) in [7, 11) is 0. The number of anilines is 2. The number of benzene rings is 1. The number of hydrogen-bond donors (Lipinski definition) is 5. The SMILES string of the molecule is NCc1ccc(NC2N=CC(Br)=C(Nc3cc(C4CC4)[nH]n3)N2)cc1. The number of hydrogen-bond acceptors (Lipinski definition) is 6. The van der Waals surface area contributed by atoms with Gasteiger partial charge in [0.05, 0.1) is 4.48 Å². The van der Waals surface area contributed by atoms with Crippen molar-refractivity contribution in [3.05, 3.63) is 51.9 Å². The van der Waals surface area contributed by atoms with Crippen LogP contribution in [0.3, 0.4) is 0 Å². The zero-order chi connectivity index (χ0) is 17.2. The number of aliphatic imine (C=N–C) groups is 1. The molecule has 25 heavy (non-hydrogen) atoms. The van der Waals surface area contributed by atoms with Crippen LogP contribution in [0.15, 0.2) is 45.6 Å². The maximum atomic E-state index is 5.63. The predicted molar refractivity (Wildman–Crippen MR) is 104 cm³/mol. The molecule has 0 radical (unpaired) electrons. The lowest BCUT2D eigenvalue weighted by Gasteiger charge is -2.24. The zero-order valence-electron chi connectivity index (χ0n) is 13.6. The maximum Gasteiger partial charge on any atom is 0.195 e. The van der Waals surface area contributed by atoms with Gasteiger partial charge in [-0.1, -0.05) is 12.1 Å². The zero-order valence-corrected chi connectivity index (χ0v) is 15.2. The maximum absolute atomic E-state index is 5.63. The smallest absolute Gasteiger partial charge is 0.195 e. The van der Waals surface area contributed by atoms with E-state index in [1.165, 1.54) is 18.5 Å². The first-order chi connectivity index (χ1) is 12.2. The number of aromatic amines is 1. The standard InChI is InChI=1S/C17H20BrN7/c18-13-9-20-17(21-12-5-1-10(8-19)2-6-12)23-16(13)22-15-7-14(24-25-15)11-3-4-11/h1-2,5-7,9,11,17,21,23H,3-4,8,19H2,(H2,22,24,25). The van der Waals surface area contributed by atoms with E-state index in [-0.39, 0.29) is 6.29 Å². The van der Waals surface area contributed by atoms with E-state index in [4.69, 9.17) is 5.73 Å². The number of allylic oxidation sites excluding steroid dienone is 1. The first-order valence-electron chi connectivity index (χ1n) is 8.28. The topological polar surface area (TPSA) is 103 Å². The van der Waals surface area contributed by atoms with Crippen molar-refractivity contribution in [2.75, 3.05) is 10.6 Å². The van der Waals surface area contributed by atoms with Gasteiger partial charge in [0.1, 0.15) is 5.82 Å². The molecule has 0 spiro atoms. The molecule has 1 aromatic carbocycles. The molecule has 0 saturated heterocycles. The van der Waals surface area contributed by atoms with E-state index in [2.05, 4.69) is 53.1 Å². The summed E-state index contributed by atoms with van der Waals surface area (Å²) in [6.07, 6.45) is 4.00. The monoisotopic (exact) mass is 401 g/mol. The summed E-state index contributed by atoms with van der Waals surface area (Å²) in [5, 5.41) is 17.4.